The summed E-state index contributed by atoms with van der Waals surface area (Å²) in [6.07, 6.45) is 9.55. The van der Waals surface area contributed by atoms with E-state index < -0.39 is 59.6 Å². The molecule has 11 heteroatoms. The first-order valence-electron chi connectivity index (χ1n) is 17.1. The Labute approximate surface area is 285 Å². The Hall–Kier alpha value is -3.02. The van der Waals surface area contributed by atoms with Crippen molar-refractivity contribution in [1.29, 1.82) is 0 Å². The first kappa shape index (κ1) is 33.9. The summed E-state index contributed by atoms with van der Waals surface area (Å²) in [5.41, 5.74) is -0.716. The topological polar surface area (TPSA) is 125 Å². The molecule has 0 aromatic heterocycles. The van der Waals surface area contributed by atoms with Gasteiger partial charge in [0.2, 0.25) is 17.7 Å². The van der Waals surface area contributed by atoms with Gasteiger partial charge in [-0.2, -0.15) is 0 Å². The summed E-state index contributed by atoms with van der Waals surface area (Å²) in [4.78, 5) is 60.5. The van der Waals surface area contributed by atoms with Crippen LogP contribution in [0.4, 0.5) is 0 Å². The van der Waals surface area contributed by atoms with Crippen molar-refractivity contribution in [2.24, 2.45) is 17.8 Å². The standard InChI is InChI=1S/C36H46BrN3O7/c1-21(2)26(20-41)40-32-34(44)39(24-15-9-5-10-16-24)18-12-6-11-17-27(42)38-22(3)30(23-13-7-4-8-14-23)46-35(45)28-29(33(40)43)36(32)19-25(37)31(28)47-36/h4,6-8,12-14,19,21-22,24,26,28-32,41H,5,9-11,15-18,20H2,1-3H3,(H,38,42)/b12-6-/t22-,26+,28+,29-,30+,31+,32+,36-/m1/s1. The second-order valence-corrected chi connectivity index (χ2v) is 14.9. The Morgan fingerprint density at radius 3 is 2.43 bits per heavy atom. The van der Waals surface area contributed by atoms with Crippen molar-refractivity contribution in [2.75, 3.05) is 13.2 Å². The highest BCUT2D eigenvalue weighted by molar-refractivity contribution is 9.11. The van der Waals surface area contributed by atoms with E-state index in [-0.39, 0.29) is 36.8 Å². The molecule has 1 saturated carbocycles. The Balaban J connectivity index is 1.47. The number of carbonyl (C=O) groups excluding carboxylic acids is 4. The molecule has 3 amide bonds. The van der Waals surface area contributed by atoms with Gasteiger partial charge in [0, 0.05) is 23.5 Å². The third-order valence-electron chi connectivity index (χ3n) is 10.7. The molecule has 4 heterocycles. The third-order valence-corrected chi connectivity index (χ3v) is 11.4. The van der Waals surface area contributed by atoms with Crippen molar-refractivity contribution < 1.29 is 33.8 Å². The summed E-state index contributed by atoms with van der Waals surface area (Å²) in [7, 11) is 0. The fourth-order valence-corrected chi connectivity index (χ4v) is 9.12. The second kappa shape index (κ2) is 13.8. The molecule has 3 fully saturated rings. The summed E-state index contributed by atoms with van der Waals surface area (Å²) in [5, 5.41) is 13.6. The lowest BCUT2D eigenvalue weighted by atomic mass is 9.74. The van der Waals surface area contributed by atoms with Gasteiger partial charge in [-0.25, -0.2) is 0 Å². The number of hydrogen-bond donors (Lipinski definition) is 2. The molecule has 1 aliphatic carbocycles. The third kappa shape index (κ3) is 6.08. The summed E-state index contributed by atoms with van der Waals surface area (Å²) in [5.74, 6) is -3.69. The van der Waals surface area contributed by atoms with E-state index in [0.29, 0.717) is 23.0 Å². The lowest BCUT2D eigenvalue weighted by molar-refractivity contribution is -0.162. The predicted octanol–water partition coefficient (Wildman–Crippen LogP) is 4.18. The van der Waals surface area contributed by atoms with Crippen LogP contribution in [-0.4, -0.2) is 87.6 Å². The van der Waals surface area contributed by atoms with Crippen LogP contribution >= 0.6 is 15.9 Å². The fraction of sp³-hybridized carbons (Fsp3) is 0.611. The van der Waals surface area contributed by atoms with E-state index >= 15 is 4.79 Å². The first-order chi connectivity index (χ1) is 22.6. The first-order valence-corrected chi connectivity index (χ1v) is 17.9. The molecule has 1 spiro atoms. The van der Waals surface area contributed by atoms with Gasteiger partial charge in [-0.3, -0.25) is 19.2 Å². The molecular weight excluding hydrogens is 666 g/mol. The number of nitrogens with one attached hydrogen (secondary N) is 1. The Bertz CT molecular complexity index is 1430. The van der Waals surface area contributed by atoms with Gasteiger partial charge in [-0.1, -0.05) is 91.5 Å². The van der Waals surface area contributed by atoms with E-state index in [9.17, 15) is 19.5 Å². The Morgan fingerprint density at radius 2 is 1.74 bits per heavy atom. The SMILES string of the molecule is CC(C)[C@H](CO)N1C(=O)[C@H]2[C@@H]3C(=O)O[C@H](c4ccccc4)[C@@H](C)NC(=O)CC/C=C\CN(C4CCCCC4)C(=O)[C@H]1[C@@]21C=C(Br)[C@@H]3O1. The number of aliphatic hydroxyl groups is 1. The number of ether oxygens (including phenoxy) is 2. The zero-order valence-corrected chi connectivity index (χ0v) is 28.9. The number of aliphatic hydroxyl groups excluding tert-OH is 1. The number of carbonyl (C=O) groups is 4. The Kier molecular flexibility index (Phi) is 9.97. The number of esters is 1. The molecule has 2 N–H and O–H groups in total. The molecule has 10 nitrogen and oxygen atoms in total. The molecule has 6 rings (SSSR count). The minimum absolute atomic E-state index is 0.0235. The monoisotopic (exact) mass is 711 g/mol. The zero-order chi connectivity index (χ0) is 33.5. The largest absolute Gasteiger partial charge is 0.455 e. The van der Waals surface area contributed by atoms with Gasteiger partial charge in [0.05, 0.1) is 24.6 Å². The maximum absolute atomic E-state index is 15.1. The lowest BCUT2D eigenvalue weighted by Gasteiger charge is -2.42. The molecule has 47 heavy (non-hydrogen) atoms. The van der Waals surface area contributed by atoms with Crippen LogP contribution in [0.5, 0.6) is 0 Å². The van der Waals surface area contributed by atoms with E-state index in [1.165, 1.54) is 4.90 Å². The maximum atomic E-state index is 15.1. The zero-order valence-electron chi connectivity index (χ0n) is 27.3. The van der Waals surface area contributed by atoms with Gasteiger partial charge in [0.15, 0.2) is 0 Å². The van der Waals surface area contributed by atoms with Gasteiger partial charge in [-0.05, 0) is 43.7 Å². The molecule has 5 aliphatic rings. The predicted molar refractivity (Wildman–Crippen MR) is 178 cm³/mol. The number of benzene rings is 1. The van der Waals surface area contributed by atoms with Gasteiger partial charge in [0.25, 0.3) is 0 Å². The highest BCUT2D eigenvalue weighted by atomic mass is 79.9. The van der Waals surface area contributed by atoms with Crippen LogP contribution in [0, 0.1) is 17.8 Å². The van der Waals surface area contributed by atoms with Crippen molar-refractivity contribution >= 4 is 39.6 Å². The molecule has 1 aromatic carbocycles. The average molecular weight is 713 g/mol. The van der Waals surface area contributed by atoms with Crippen LogP contribution < -0.4 is 5.32 Å². The van der Waals surface area contributed by atoms with Crippen LogP contribution in [0.25, 0.3) is 0 Å². The van der Waals surface area contributed by atoms with E-state index in [1.807, 2.05) is 67.3 Å². The number of hydrogen-bond acceptors (Lipinski definition) is 7. The van der Waals surface area contributed by atoms with Gasteiger partial charge < -0.3 is 29.7 Å². The summed E-state index contributed by atoms with van der Waals surface area (Å²) in [6, 6.07) is 6.90. The smallest absolute Gasteiger partial charge is 0.313 e. The van der Waals surface area contributed by atoms with Crippen LogP contribution in [0.15, 0.2) is 53.0 Å². The number of cyclic esters (lactones) is 1. The molecule has 0 radical (unpaired) electrons. The number of allylic oxidation sites excluding steroid dienone is 1. The maximum Gasteiger partial charge on any atom is 0.313 e. The molecule has 254 valence electrons. The summed E-state index contributed by atoms with van der Waals surface area (Å²) in [6.45, 7) is 5.61. The van der Waals surface area contributed by atoms with E-state index in [2.05, 4.69) is 21.2 Å². The number of rotatable bonds is 5. The van der Waals surface area contributed by atoms with Crippen molar-refractivity contribution in [1.82, 2.24) is 15.1 Å². The van der Waals surface area contributed by atoms with Crippen LogP contribution in [0.3, 0.4) is 0 Å². The van der Waals surface area contributed by atoms with Crippen molar-refractivity contribution in [2.45, 2.75) is 108 Å². The van der Waals surface area contributed by atoms with Crippen molar-refractivity contribution in [3.63, 3.8) is 0 Å². The minimum Gasteiger partial charge on any atom is -0.455 e. The second-order valence-electron chi connectivity index (χ2n) is 14.0. The highest BCUT2D eigenvalue weighted by Gasteiger charge is 2.75. The molecule has 0 unspecified atom stereocenters. The van der Waals surface area contributed by atoms with Gasteiger partial charge in [0.1, 0.15) is 29.8 Å². The number of likely N-dealkylation sites (tertiary alicyclic amines) is 1. The average Bonchev–Trinajstić information content (AvgIpc) is 3.65. The minimum atomic E-state index is -1.42. The van der Waals surface area contributed by atoms with Crippen molar-refractivity contribution in [3.8, 4) is 0 Å². The van der Waals surface area contributed by atoms with Gasteiger partial charge in [-0.15, -0.1) is 0 Å². The van der Waals surface area contributed by atoms with Crippen LogP contribution in [0.2, 0.25) is 0 Å². The molecule has 5 bridgehead atoms. The number of amides is 3. The van der Waals surface area contributed by atoms with Crippen LogP contribution in [0.1, 0.15) is 77.4 Å². The fourth-order valence-electron chi connectivity index (χ4n) is 8.38. The van der Waals surface area contributed by atoms with Crippen LogP contribution in [-0.2, 0) is 28.7 Å². The normalized spacial score (nSPS) is 35.1. The van der Waals surface area contributed by atoms with Gasteiger partial charge >= 0.3 is 5.97 Å². The number of halogens is 1. The van der Waals surface area contributed by atoms with Crippen molar-refractivity contribution in [3.05, 3.63) is 58.6 Å². The van der Waals surface area contributed by atoms with E-state index in [0.717, 1.165) is 32.1 Å². The molecule has 2 saturated heterocycles. The molecular formula is C36H46BrN3O7. The number of nitrogens with zero attached hydrogens (tertiary/aromatic N) is 2. The number of fused-ring (bicyclic) bond motifs is 2. The summed E-state index contributed by atoms with van der Waals surface area (Å²) < 4.78 is 13.5. The van der Waals surface area contributed by atoms with E-state index in [4.69, 9.17) is 9.47 Å². The molecule has 1 aromatic rings. The Morgan fingerprint density at radius 1 is 1.02 bits per heavy atom. The summed E-state index contributed by atoms with van der Waals surface area (Å²) >= 11 is 3.63. The molecule has 8 atom stereocenters. The molecule has 4 aliphatic heterocycles. The lowest BCUT2D eigenvalue weighted by Crippen LogP contribution is -2.61. The highest BCUT2D eigenvalue weighted by Crippen LogP contribution is 2.59. The quantitative estimate of drug-likeness (QED) is 0.347. The van der Waals surface area contributed by atoms with E-state index in [1.54, 1.807) is 6.92 Å².